The molecule has 0 radical (unpaired) electrons. The van der Waals surface area contributed by atoms with Gasteiger partial charge < -0.3 is 14.6 Å². The summed E-state index contributed by atoms with van der Waals surface area (Å²) in [6, 6.07) is 4.37. The van der Waals surface area contributed by atoms with Crippen LogP contribution in [0.25, 0.3) is 5.52 Å². The molecular formula is C15H22N4. The van der Waals surface area contributed by atoms with Crippen molar-refractivity contribution in [2.75, 3.05) is 31.1 Å². The molecule has 0 spiro atoms. The zero-order valence-electron chi connectivity index (χ0n) is 12.0. The maximum absolute atomic E-state index is 4.58. The Hall–Kier alpha value is -1.55. The van der Waals surface area contributed by atoms with Crippen LogP contribution >= 0.6 is 0 Å². The number of nitrogens with one attached hydrogen (secondary N) is 1. The summed E-state index contributed by atoms with van der Waals surface area (Å²) in [5.41, 5.74) is 2.52. The van der Waals surface area contributed by atoms with Crippen molar-refractivity contribution in [2.45, 2.75) is 26.2 Å². The van der Waals surface area contributed by atoms with E-state index in [1.54, 1.807) is 0 Å². The SMILES string of the molecule is CC(C)(C)c1ncc2ccc(N3CCNCC3)cn12. The third-order valence-electron chi connectivity index (χ3n) is 3.66. The lowest BCUT2D eigenvalue weighted by molar-refractivity contribution is 0.542. The molecule has 102 valence electrons. The number of piperazine rings is 1. The first-order chi connectivity index (χ1) is 9.05. The minimum absolute atomic E-state index is 0.0640. The summed E-state index contributed by atoms with van der Waals surface area (Å²) in [4.78, 5) is 7.02. The molecule has 0 bridgehead atoms. The van der Waals surface area contributed by atoms with Crippen molar-refractivity contribution in [1.29, 1.82) is 0 Å². The highest BCUT2D eigenvalue weighted by Crippen LogP contribution is 2.24. The van der Waals surface area contributed by atoms with Gasteiger partial charge in [-0.1, -0.05) is 20.8 Å². The molecule has 0 amide bonds. The van der Waals surface area contributed by atoms with E-state index in [9.17, 15) is 0 Å². The lowest BCUT2D eigenvalue weighted by atomic mass is 9.96. The molecule has 0 aliphatic carbocycles. The Kier molecular flexibility index (Phi) is 2.97. The van der Waals surface area contributed by atoms with Crippen LogP contribution in [0.3, 0.4) is 0 Å². The van der Waals surface area contributed by atoms with Gasteiger partial charge in [0.1, 0.15) is 5.82 Å². The van der Waals surface area contributed by atoms with E-state index in [4.69, 9.17) is 0 Å². The Morgan fingerprint density at radius 3 is 2.58 bits per heavy atom. The fraction of sp³-hybridized carbons (Fsp3) is 0.533. The van der Waals surface area contributed by atoms with Crippen LogP contribution < -0.4 is 10.2 Å². The normalized spacial score (nSPS) is 17.1. The van der Waals surface area contributed by atoms with Crippen LogP contribution in [0.15, 0.2) is 24.5 Å². The molecule has 0 saturated carbocycles. The Morgan fingerprint density at radius 1 is 1.16 bits per heavy atom. The largest absolute Gasteiger partial charge is 0.368 e. The van der Waals surface area contributed by atoms with Gasteiger partial charge in [-0.15, -0.1) is 0 Å². The van der Waals surface area contributed by atoms with Gasteiger partial charge in [0.05, 0.1) is 17.4 Å². The van der Waals surface area contributed by atoms with Crippen LogP contribution in [0, 0.1) is 0 Å². The minimum atomic E-state index is 0.0640. The van der Waals surface area contributed by atoms with Crippen LogP contribution in [0.4, 0.5) is 5.69 Å². The van der Waals surface area contributed by atoms with E-state index in [1.165, 1.54) is 11.2 Å². The lowest BCUT2D eigenvalue weighted by Gasteiger charge is -2.29. The predicted molar refractivity (Wildman–Crippen MR) is 79.0 cm³/mol. The molecule has 0 aromatic carbocycles. The Morgan fingerprint density at radius 2 is 1.89 bits per heavy atom. The van der Waals surface area contributed by atoms with Crippen LogP contribution in [-0.2, 0) is 5.41 Å². The van der Waals surface area contributed by atoms with E-state index >= 15 is 0 Å². The van der Waals surface area contributed by atoms with Crippen LogP contribution in [0.5, 0.6) is 0 Å². The highest BCUT2D eigenvalue weighted by atomic mass is 15.2. The average Bonchev–Trinajstić information content (AvgIpc) is 2.82. The fourth-order valence-corrected chi connectivity index (χ4v) is 2.64. The van der Waals surface area contributed by atoms with E-state index in [1.807, 2.05) is 6.20 Å². The second-order valence-corrected chi connectivity index (χ2v) is 6.25. The Balaban J connectivity index is 2.03. The third kappa shape index (κ3) is 2.32. The highest BCUT2D eigenvalue weighted by Gasteiger charge is 2.20. The van der Waals surface area contributed by atoms with Gasteiger partial charge in [0.25, 0.3) is 0 Å². The molecule has 19 heavy (non-hydrogen) atoms. The van der Waals surface area contributed by atoms with Gasteiger partial charge in [-0.2, -0.15) is 0 Å². The summed E-state index contributed by atoms with van der Waals surface area (Å²) in [5, 5.41) is 3.39. The van der Waals surface area contributed by atoms with Crippen LogP contribution in [-0.4, -0.2) is 35.6 Å². The van der Waals surface area contributed by atoms with Crippen molar-refractivity contribution in [3.05, 3.63) is 30.4 Å². The van der Waals surface area contributed by atoms with Crippen molar-refractivity contribution in [3.63, 3.8) is 0 Å². The standard InChI is InChI=1S/C15H22N4/c1-15(2,3)14-17-10-12-4-5-13(11-19(12)14)18-8-6-16-7-9-18/h4-5,10-11,16H,6-9H2,1-3H3. The van der Waals surface area contributed by atoms with Gasteiger partial charge in [0, 0.05) is 37.8 Å². The molecule has 0 unspecified atom stereocenters. The number of imidazole rings is 1. The zero-order chi connectivity index (χ0) is 13.5. The van der Waals surface area contributed by atoms with E-state index in [-0.39, 0.29) is 5.41 Å². The number of fused-ring (bicyclic) bond motifs is 1. The molecule has 1 saturated heterocycles. The molecule has 2 aromatic rings. The van der Waals surface area contributed by atoms with Crippen LogP contribution in [0.2, 0.25) is 0 Å². The average molecular weight is 258 g/mol. The minimum Gasteiger partial charge on any atom is -0.368 e. The topological polar surface area (TPSA) is 32.6 Å². The maximum atomic E-state index is 4.58. The number of pyridine rings is 1. The van der Waals surface area contributed by atoms with Gasteiger partial charge in [0.15, 0.2) is 0 Å². The number of aromatic nitrogens is 2. The molecule has 1 N–H and O–H groups in total. The summed E-state index contributed by atoms with van der Waals surface area (Å²) in [6.45, 7) is 10.9. The van der Waals surface area contributed by atoms with Gasteiger partial charge in [0.2, 0.25) is 0 Å². The summed E-state index contributed by atoms with van der Waals surface area (Å²) in [6.07, 6.45) is 4.19. The van der Waals surface area contributed by atoms with E-state index < -0.39 is 0 Å². The molecule has 1 aliphatic rings. The molecule has 2 aromatic heterocycles. The third-order valence-corrected chi connectivity index (χ3v) is 3.66. The smallest absolute Gasteiger partial charge is 0.118 e. The van der Waals surface area contributed by atoms with Crippen molar-refractivity contribution in [1.82, 2.24) is 14.7 Å². The second-order valence-electron chi connectivity index (χ2n) is 6.25. The van der Waals surface area contributed by atoms with E-state index in [2.05, 4.69) is 58.7 Å². The van der Waals surface area contributed by atoms with Crippen LogP contribution in [0.1, 0.15) is 26.6 Å². The van der Waals surface area contributed by atoms with E-state index in [0.29, 0.717) is 0 Å². The van der Waals surface area contributed by atoms with Crippen molar-refractivity contribution < 1.29 is 0 Å². The molecule has 3 heterocycles. The lowest BCUT2D eigenvalue weighted by Crippen LogP contribution is -2.43. The summed E-state index contributed by atoms with van der Waals surface area (Å²) >= 11 is 0. The quantitative estimate of drug-likeness (QED) is 0.849. The maximum Gasteiger partial charge on any atom is 0.118 e. The number of anilines is 1. The number of rotatable bonds is 1. The van der Waals surface area contributed by atoms with Gasteiger partial charge in [-0.3, -0.25) is 0 Å². The van der Waals surface area contributed by atoms with Crippen molar-refractivity contribution >= 4 is 11.2 Å². The molecule has 0 atom stereocenters. The monoisotopic (exact) mass is 258 g/mol. The fourth-order valence-electron chi connectivity index (χ4n) is 2.64. The highest BCUT2D eigenvalue weighted by molar-refractivity contribution is 5.56. The Labute approximate surface area is 114 Å². The van der Waals surface area contributed by atoms with Crippen molar-refractivity contribution in [2.24, 2.45) is 0 Å². The second kappa shape index (κ2) is 4.53. The Bertz CT molecular complexity index is 573. The molecule has 3 rings (SSSR count). The number of hydrogen-bond donors (Lipinski definition) is 1. The molecule has 1 aliphatic heterocycles. The summed E-state index contributed by atoms with van der Waals surface area (Å²) in [7, 11) is 0. The van der Waals surface area contributed by atoms with Gasteiger partial charge in [-0.25, -0.2) is 4.98 Å². The zero-order valence-corrected chi connectivity index (χ0v) is 12.0. The number of nitrogens with zero attached hydrogens (tertiary/aromatic N) is 3. The van der Waals surface area contributed by atoms with Gasteiger partial charge in [-0.05, 0) is 12.1 Å². The first-order valence-corrected chi connectivity index (χ1v) is 6.99. The molecule has 4 heteroatoms. The van der Waals surface area contributed by atoms with Gasteiger partial charge >= 0.3 is 0 Å². The summed E-state index contributed by atoms with van der Waals surface area (Å²) < 4.78 is 2.23. The van der Waals surface area contributed by atoms with E-state index in [0.717, 1.165) is 32.0 Å². The van der Waals surface area contributed by atoms with Crippen molar-refractivity contribution in [3.8, 4) is 0 Å². The molecule has 1 fully saturated rings. The number of hydrogen-bond acceptors (Lipinski definition) is 3. The summed E-state index contributed by atoms with van der Waals surface area (Å²) in [5.74, 6) is 1.12. The molecular weight excluding hydrogens is 236 g/mol. The first-order valence-electron chi connectivity index (χ1n) is 6.99. The molecule has 4 nitrogen and oxygen atoms in total. The predicted octanol–water partition coefficient (Wildman–Crippen LogP) is 2.04. The first kappa shape index (κ1) is 12.5.